The number of nitrogens with zero attached hydrogens (tertiary/aromatic N) is 3. The first-order valence-electron chi connectivity index (χ1n) is 9.91. The number of carbonyl (C=O) groups excluding carboxylic acids is 2. The van der Waals surface area contributed by atoms with Gasteiger partial charge in [0, 0.05) is 43.4 Å². The highest BCUT2D eigenvalue weighted by atomic mass is 16.2. The standard InChI is InChI=1S/C20H34N4O2/c1-6-9-21-20(26)17-7-10-23(11-8-17)19(25)12-18-15(4)22-24(16(18)5)13-14(2)3/h14,17H,6-13H2,1-5H3,(H,21,26). The molecule has 0 atom stereocenters. The van der Waals surface area contributed by atoms with Crippen LogP contribution in [0, 0.1) is 25.7 Å². The van der Waals surface area contributed by atoms with E-state index in [0.717, 1.165) is 49.3 Å². The summed E-state index contributed by atoms with van der Waals surface area (Å²) in [4.78, 5) is 26.7. The first kappa shape index (κ1) is 20.5. The SMILES string of the molecule is CCCNC(=O)C1CCN(C(=O)Cc2c(C)nn(CC(C)C)c2C)CC1. The lowest BCUT2D eigenvalue weighted by atomic mass is 9.95. The van der Waals surface area contributed by atoms with Gasteiger partial charge in [-0.1, -0.05) is 20.8 Å². The van der Waals surface area contributed by atoms with E-state index >= 15 is 0 Å². The maximum absolute atomic E-state index is 12.7. The Kier molecular flexibility index (Phi) is 7.23. The predicted octanol–water partition coefficient (Wildman–Crippen LogP) is 2.46. The van der Waals surface area contributed by atoms with Gasteiger partial charge in [0.2, 0.25) is 11.8 Å². The predicted molar refractivity (Wildman–Crippen MR) is 103 cm³/mol. The third-order valence-electron chi connectivity index (χ3n) is 5.17. The molecule has 1 N–H and O–H groups in total. The number of rotatable bonds is 7. The first-order chi connectivity index (χ1) is 12.3. The Labute approximate surface area is 157 Å². The molecule has 2 rings (SSSR count). The van der Waals surface area contributed by atoms with Gasteiger partial charge >= 0.3 is 0 Å². The molecule has 1 aliphatic heterocycles. The highest BCUT2D eigenvalue weighted by Gasteiger charge is 2.28. The van der Waals surface area contributed by atoms with Gasteiger partial charge in [-0.3, -0.25) is 14.3 Å². The number of amides is 2. The van der Waals surface area contributed by atoms with E-state index in [0.29, 0.717) is 25.4 Å². The maximum Gasteiger partial charge on any atom is 0.227 e. The van der Waals surface area contributed by atoms with Gasteiger partial charge in [-0.15, -0.1) is 0 Å². The number of hydrogen-bond acceptors (Lipinski definition) is 3. The van der Waals surface area contributed by atoms with Crippen molar-refractivity contribution in [2.24, 2.45) is 11.8 Å². The van der Waals surface area contributed by atoms with Crippen molar-refractivity contribution in [3.8, 4) is 0 Å². The Bertz CT molecular complexity index is 628. The van der Waals surface area contributed by atoms with Crippen molar-refractivity contribution < 1.29 is 9.59 Å². The lowest BCUT2D eigenvalue weighted by Crippen LogP contribution is -2.43. The van der Waals surface area contributed by atoms with Gasteiger partial charge in [0.25, 0.3) is 0 Å². The van der Waals surface area contributed by atoms with Gasteiger partial charge in [-0.05, 0) is 39.0 Å². The van der Waals surface area contributed by atoms with Gasteiger partial charge in [-0.25, -0.2) is 0 Å². The van der Waals surface area contributed by atoms with Gasteiger partial charge in [0.05, 0.1) is 12.1 Å². The summed E-state index contributed by atoms with van der Waals surface area (Å²) in [6.45, 7) is 13.4. The topological polar surface area (TPSA) is 67.2 Å². The number of aryl methyl sites for hydroxylation is 1. The Hall–Kier alpha value is -1.85. The highest BCUT2D eigenvalue weighted by Crippen LogP contribution is 2.20. The van der Waals surface area contributed by atoms with Crippen LogP contribution in [-0.2, 0) is 22.6 Å². The summed E-state index contributed by atoms with van der Waals surface area (Å²) in [6, 6.07) is 0. The minimum absolute atomic E-state index is 0.0443. The molecule has 0 aromatic carbocycles. The normalized spacial score (nSPS) is 15.5. The fraction of sp³-hybridized carbons (Fsp3) is 0.750. The van der Waals surface area contributed by atoms with Gasteiger partial charge in [0.1, 0.15) is 0 Å². The van der Waals surface area contributed by atoms with E-state index in [-0.39, 0.29) is 17.7 Å². The second-order valence-electron chi connectivity index (χ2n) is 7.85. The fourth-order valence-corrected chi connectivity index (χ4v) is 3.56. The van der Waals surface area contributed by atoms with Crippen LogP contribution < -0.4 is 5.32 Å². The Morgan fingerprint density at radius 3 is 2.46 bits per heavy atom. The van der Waals surface area contributed by atoms with Crippen molar-refractivity contribution in [2.45, 2.75) is 66.8 Å². The molecule has 0 aliphatic carbocycles. The molecule has 0 radical (unpaired) electrons. The average molecular weight is 363 g/mol. The van der Waals surface area contributed by atoms with Crippen LogP contribution in [0.5, 0.6) is 0 Å². The van der Waals surface area contributed by atoms with Crippen LogP contribution in [0.3, 0.4) is 0 Å². The zero-order valence-corrected chi connectivity index (χ0v) is 17.0. The minimum atomic E-state index is 0.0443. The van der Waals surface area contributed by atoms with E-state index in [4.69, 9.17) is 0 Å². The molecule has 1 aromatic heterocycles. The lowest BCUT2D eigenvalue weighted by Gasteiger charge is -2.31. The fourth-order valence-electron chi connectivity index (χ4n) is 3.56. The molecule has 1 aliphatic rings. The molecule has 1 fully saturated rings. The van der Waals surface area contributed by atoms with E-state index in [9.17, 15) is 9.59 Å². The Balaban J connectivity index is 1.91. The van der Waals surface area contributed by atoms with E-state index in [1.54, 1.807) is 0 Å². The monoisotopic (exact) mass is 362 g/mol. The second kappa shape index (κ2) is 9.19. The van der Waals surface area contributed by atoms with Crippen LogP contribution >= 0.6 is 0 Å². The molecule has 2 heterocycles. The second-order valence-corrected chi connectivity index (χ2v) is 7.85. The lowest BCUT2D eigenvalue weighted by molar-refractivity contribution is -0.135. The van der Waals surface area contributed by atoms with E-state index in [2.05, 4.69) is 38.1 Å². The van der Waals surface area contributed by atoms with Crippen LogP contribution in [0.1, 0.15) is 57.0 Å². The van der Waals surface area contributed by atoms with E-state index in [1.165, 1.54) is 0 Å². The molecular weight excluding hydrogens is 328 g/mol. The Morgan fingerprint density at radius 1 is 1.23 bits per heavy atom. The van der Waals surface area contributed by atoms with Crippen LogP contribution in [0.25, 0.3) is 0 Å². The summed E-state index contributed by atoms with van der Waals surface area (Å²) in [5.74, 6) is 0.852. The van der Waals surface area contributed by atoms with Crippen LogP contribution in [0.15, 0.2) is 0 Å². The zero-order chi connectivity index (χ0) is 19.3. The number of aromatic nitrogens is 2. The quantitative estimate of drug-likeness (QED) is 0.810. The third kappa shape index (κ3) is 5.08. The summed E-state index contributed by atoms with van der Waals surface area (Å²) in [6.07, 6.45) is 2.87. The molecule has 26 heavy (non-hydrogen) atoms. The molecule has 6 heteroatoms. The van der Waals surface area contributed by atoms with Crippen molar-refractivity contribution in [1.82, 2.24) is 20.0 Å². The van der Waals surface area contributed by atoms with E-state index < -0.39 is 0 Å². The van der Waals surface area contributed by atoms with Gasteiger partial charge in [-0.2, -0.15) is 5.10 Å². The van der Waals surface area contributed by atoms with Crippen LogP contribution in [-0.4, -0.2) is 46.1 Å². The molecular formula is C20H34N4O2. The summed E-state index contributed by atoms with van der Waals surface area (Å²) in [5.41, 5.74) is 3.10. The smallest absolute Gasteiger partial charge is 0.227 e. The maximum atomic E-state index is 12.7. The zero-order valence-electron chi connectivity index (χ0n) is 17.0. The summed E-state index contributed by atoms with van der Waals surface area (Å²) in [5, 5.41) is 7.57. The third-order valence-corrected chi connectivity index (χ3v) is 5.17. The summed E-state index contributed by atoms with van der Waals surface area (Å²) in [7, 11) is 0. The van der Waals surface area contributed by atoms with Crippen molar-refractivity contribution in [1.29, 1.82) is 0 Å². The molecule has 6 nitrogen and oxygen atoms in total. The van der Waals surface area contributed by atoms with Crippen LogP contribution in [0.4, 0.5) is 0 Å². The number of hydrogen-bond donors (Lipinski definition) is 1. The van der Waals surface area contributed by atoms with Crippen molar-refractivity contribution >= 4 is 11.8 Å². The van der Waals surface area contributed by atoms with Gasteiger partial charge < -0.3 is 10.2 Å². The molecule has 0 saturated carbocycles. The number of carbonyl (C=O) groups is 2. The molecule has 146 valence electrons. The molecule has 1 saturated heterocycles. The van der Waals surface area contributed by atoms with Crippen LogP contribution in [0.2, 0.25) is 0 Å². The summed E-state index contributed by atoms with van der Waals surface area (Å²) < 4.78 is 2.02. The molecule has 0 spiro atoms. The molecule has 1 aromatic rings. The average Bonchev–Trinajstić information content (AvgIpc) is 2.86. The first-order valence-corrected chi connectivity index (χ1v) is 9.91. The van der Waals surface area contributed by atoms with Crippen molar-refractivity contribution in [2.75, 3.05) is 19.6 Å². The highest BCUT2D eigenvalue weighted by molar-refractivity contribution is 5.81. The number of piperidine rings is 1. The van der Waals surface area contributed by atoms with Crippen molar-refractivity contribution in [3.63, 3.8) is 0 Å². The number of likely N-dealkylation sites (tertiary alicyclic amines) is 1. The van der Waals surface area contributed by atoms with E-state index in [1.807, 2.05) is 16.5 Å². The largest absolute Gasteiger partial charge is 0.356 e. The van der Waals surface area contributed by atoms with Gasteiger partial charge in [0.15, 0.2) is 0 Å². The minimum Gasteiger partial charge on any atom is -0.356 e. The summed E-state index contributed by atoms with van der Waals surface area (Å²) >= 11 is 0. The Morgan fingerprint density at radius 2 is 1.88 bits per heavy atom. The molecule has 0 unspecified atom stereocenters. The number of nitrogens with one attached hydrogen (secondary N) is 1. The molecule has 2 amide bonds. The van der Waals surface area contributed by atoms with Crippen molar-refractivity contribution in [3.05, 3.63) is 17.0 Å². The molecule has 0 bridgehead atoms.